The van der Waals surface area contributed by atoms with E-state index in [2.05, 4.69) is 76.2 Å². The third-order valence-electron chi connectivity index (χ3n) is 6.70. The van der Waals surface area contributed by atoms with Crippen LogP contribution in [0.3, 0.4) is 0 Å². The van der Waals surface area contributed by atoms with E-state index >= 15 is 0 Å². The molecule has 0 aliphatic carbocycles. The topological polar surface area (TPSA) is 58.9 Å². The van der Waals surface area contributed by atoms with Gasteiger partial charge < -0.3 is 10.2 Å². The third kappa shape index (κ3) is 5.34. The van der Waals surface area contributed by atoms with Crippen LogP contribution in [0.5, 0.6) is 0 Å². The second-order valence-corrected chi connectivity index (χ2v) is 8.94. The average Bonchev–Trinajstić information content (AvgIpc) is 3.22. The highest BCUT2D eigenvalue weighted by Gasteiger charge is 2.19. The second kappa shape index (κ2) is 10.6. The summed E-state index contributed by atoms with van der Waals surface area (Å²) in [5.41, 5.74) is 5.94. The van der Waals surface area contributed by atoms with Gasteiger partial charge in [0.05, 0.1) is 6.20 Å². The molecule has 4 heterocycles. The van der Waals surface area contributed by atoms with Gasteiger partial charge in [0.1, 0.15) is 5.82 Å². The minimum atomic E-state index is 0.640. The molecule has 3 aromatic heterocycles. The highest BCUT2D eigenvalue weighted by Crippen LogP contribution is 2.28. The molecule has 0 saturated carbocycles. The first-order valence-electron chi connectivity index (χ1n) is 11.8. The fourth-order valence-corrected chi connectivity index (χ4v) is 4.35. The molecule has 0 atom stereocenters. The van der Waals surface area contributed by atoms with Crippen LogP contribution in [0.25, 0.3) is 28.0 Å². The maximum absolute atomic E-state index is 4.47. The van der Waals surface area contributed by atoms with E-state index in [1.807, 2.05) is 49.5 Å². The van der Waals surface area contributed by atoms with Crippen LogP contribution in [0.2, 0.25) is 0 Å². The fraction of sp³-hybridized carbons (Fsp3) is 0.321. The summed E-state index contributed by atoms with van der Waals surface area (Å²) in [6, 6.07) is 12.6. The van der Waals surface area contributed by atoms with Gasteiger partial charge in [0.15, 0.2) is 0 Å². The predicted molar refractivity (Wildman–Crippen MR) is 142 cm³/mol. The van der Waals surface area contributed by atoms with Crippen molar-refractivity contribution in [3.05, 3.63) is 78.5 Å². The van der Waals surface area contributed by atoms with Gasteiger partial charge in [0, 0.05) is 54.7 Å². The van der Waals surface area contributed by atoms with Crippen molar-refractivity contribution in [1.82, 2.24) is 24.6 Å². The number of hydrogen-bond acceptors (Lipinski definition) is 5. The number of nitrogens with zero attached hydrogens (tertiary/aromatic N) is 5. The number of aromatic nitrogens is 4. The van der Waals surface area contributed by atoms with Crippen LogP contribution in [0.1, 0.15) is 35.7 Å². The van der Waals surface area contributed by atoms with Crippen molar-refractivity contribution in [2.75, 3.05) is 32.5 Å². The molecule has 0 spiro atoms. The Bertz CT molecular complexity index is 1270. The SMILES string of the molecule is C=Cc1ccnc(C2CCN(C)CC2)c1.CNc1cc2cc(-c3cnn(C)c3C)ccc2cn1. The highest BCUT2D eigenvalue weighted by atomic mass is 15.3. The van der Waals surface area contributed by atoms with E-state index in [1.54, 1.807) is 0 Å². The third-order valence-corrected chi connectivity index (χ3v) is 6.70. The van der Waals surface area contributed by atoms with Crippen LogP contribution >= 0.6 is 0 Å². The normalized spacial score (nSPS) is 14.5. The first kappa shape index (κ1) is 23.6. The molecule has 1 aliphatic heterocycles. The summed E-state index contributed by atoms with van der Waals surface area (Å²) >= 11 is 0. The van der Waals surface area contributed by atoms with Gasteiger partial charge in [0.2, 0.25) is 0 Å². The number of nitrogens with one attached hydrogen (secondary N) is 1. The van der Waals surface area contributed by atoms with Crippen molar-refractivity contribution in [3.63, 3.8) is 0 Å². The van der Waals surface area contributed by atoms with Crippen LogP contribution in [0.4, 0.5) is 5.82 Å². The van der Waals surface area contributed by atoms with Crippen molar-refractivity contribution in [1.29, 1.82) is 0 Å². The van der Waals surface area contributed by atoms with Gasteiger partial charge >= 0.3 is 0 Å². The molecule has 0 bridgehead atoms. The van der Waals surface area contributed by atoms with Gasteiger partial charge in [-0.2, -0.15) is 5.10 Å². The number of anilines is 1. The molecule has 1 saturated heterocycles. The van der Waals surface area contributed by atoms with Crippen LogP contribution < -0.4 is 5.32 Å². The minimum absolute atomic E-state index is 0.640. The Kier molecular flexibility index (Phi) is 7.38. The standard InChI is InChI=1S/C15H16N4.C13H18N2/c1-10-14(9-18-19(10)3)11-4-5-12-8-17-15(16-2)7-13(12)6-11;1-3-11-4-7-14-13(10-11)12-5-8-15(2)9-6-12/h4-9H,1-3H3,(H,16,17);3-4,7,10,12H,1,5-6,8-9H2,2H3. The molecule has 0 amide bonds. The zero-order chi connectivity index (χ0) is 24.1. The molecule has 176 valence electrons. The lowest BCUT2D eigenvalue weighted by Gasteiger charge is -2.28. The summed E-state index contributed by atoms with van der Waals surface area (Å²) in [5.74, 6) is 1.52. The molecular weight excluding hydrogens is 420 g/mol. The van der Waals surface area contributed by atoms with E-state index in [0.717, 1.165) is 11.2 Å². The molecule has 5 rings (SSSR count). The monoisotopic (exact) mass is 454 g/mol. The maximum Gasteiger partial charge on any atom is 0.126 e. The summed E-state index contributed by atoms with van der Waals surface area (Å²) in [5, 5.41) is 9.69. The molecular formula is C28H34N6. The zero-order valence-electron chi connectivity index (χ0n) is 20.6. The number of rotatable bonds is 4. The quantitative estimate of drug-likeness (QED) is 0.440. The Hall–Kier alpha value is -3.51. The fourth-order valence-electron chi connectivity index (χ4n) is 4.35. The predicted octanol–water partition coefficient (Wildman–Crippen LogP) is 5.52. The van der Waals surface area contributed by atoms with E-state index < -0.39 is 0 Å². The lowest BCUT2D eigenvalue weighted by atomic mass is 9.92. The van der Waals surface area contributed by atoms with Crippen LogP contribution in [0.15, 0.2) is 61.6 Å². The van der Waals surface area contributed by atoms with Crippen LogP contribution in [0, 0.1) is 6.92 Å². The lowest BCUT2D eigenvalue weighted by molar-refractivity contribution is 0.253. The highest BCUT2D eigenvalue weighted by molar-refractivity contribution is 5.88. The number of aryl methyl sites for hydroxylation is 1. The summed E-state index contributed by atoms with van der Waals surface area (Å²) in [6.45, 7) is 8.25. The summed E-state index contributed by atoms with van der Waals surface area (Å²) in [6.07, 6.45) is 10.0. The van der Waals surface area contributed by atoms with Gasteiger partial charge in [-0.25, -0.2) is 4.98 Å². The van der Waals surface area contributed by atoms with E-state index in [-0.39, 0.29) is 0 Å². The molecule has 1 N–H and O–H groups in total. The molecule has 1 aromatic carbocycles. The Morgan fingerprint density at radius 2 is 1.79 bits per heavy atom. The molecule has 6 heteroatoms. The van der Waals surface area contributed by atoms with Gasteiger partial charge in [0.25, 0.3) is 0 Å². The average molecular weight is 455 g/mol. The molecule has 34 heavy (non-hydrogen) atoms. The van der Waals surface area contributed by atoms with Gasteiger partial charge in [-0.15, -0.1) is 0 Å². The summed E-state index contributed by atoms with van der Waals surface area (Å²) in [4.78, 5) is 11.2. The number of likely N-dealkylation sites (tertiary alicyclic amines) is 1. The molecule has 0 unspecified atom stereocenters. The molecule has 4 aromatic rings. The molecule has 0 radical (unpaired) electrons. The minimum Gasteiger partial charge on any atom is -0.373 e. The first-order valence-corrected chi connectivity index (χ1v) is 11.8. The molecule has 1 fully saturated rings. The van der Waals surface area contributed by atoms with Gasteiger partial charge in [-0.05, 0) is 80.7 Å². The number of fused-ring (bicyclic) bond motifs is 1. The van der Waals surface area contributed by atoms with E-state index in [1.165, 1.54) is 59.4 Å². The van der Waals surface area contributed by atoms with Crippen LogP contribution in [-0.4, -0.2) is 51.8 Å². The Morgan fingerprint density at radius 1 is 1.00 bits per heavy atom. The van der Waals surface area contributed by atoms with Gasteiger partial charge in [-0.1, -0.05) is 24.8 Å². The Morgan fingerprint density at radius 3 is 2.47 bits per heavy atom. The zero-order valence-corrected chi connectivity index (χ0v) is 20.6. The van der Waals surface area contributed by atoms with Crippen molar-refractivity contribution < 1.29 is 0 Å². The van der Waals surface area contributed by atoms with E-state index in [0.29, 0.717) is 5.92 Å². The largest absolute Gasteiger partial charge is 0.373 e. The number of piperidine rings is 1. The second-order valence-electron chi connectivity index (χ2n) is 8.94. The lowest BCUT2D eigenvalue weighted by Crippen LogP contribution is -2.29. The Balaban J connectivity index is 0.000000166. The number of pyridine rings is 2. The summed E-state index contributed by atoms with van der Waals surface area (Å²) in [7, 11) is 6.02. The van der Waals surface area contributed by atoms with E-state index in [4.69, 9.17) is 0 Å². The van der Waals surface area contributed by atoms with Crippen LogP contribution in [-0.2, 0) is 7.05 Å². The maximum atomic E-state index is 4.47. The molecule has 1 aliphatic rings. The smallest absolute Gasteiger partial charge is 0.126 e. The van der Waals surface area contributed by atoms with Gasteiger partial charge in [-0.3, -0.25) is 9.67 Å². The van der Waals surface area contributed by atoms with E-state index in [9.17, 15) is 0 Å². The molecule has 6 nitrogen and oxygen atoms in total. The Labute approximate surface area is 202 Å². The first-order chi connectivity index (χ1) is 16.5. The van der Waals surface area contributed by atoms with Crippen molar-refractivity contribution in [3.8, 4) is 11.1 Å². The van der Waals surface area contributed by atoms with Crippen molar-refractivity contribution >= 4 is 22.7 Å². The summed E-state index contributed by atoms with van der Waals surface area (Å²) < 4.78 is 1.89. The number of hydrogen-bond donors (Lipinski definition) is 1. The number of benzene rings is 1. The van der Waals surface area contributed by atoms with Crippen molar-refractivity contribution in [2.45, 2.75) is 25.7 Å². The van der Waals surface area contributed by atoms with Crippen molar-refractivity contribution in [2.24, 2.45) is 7.05 Å².